The number of hydrogen-bond donors (Lipinski definition) is 0. The summed E-state index contributed by atoms with van der Waals surface area (Å²) in [6.07, 6.45) is 0. The van der Waals surface area contributed by atoms with Crippen LogP contribution in [-0.4, -0.2) is 10.1 Å². The highest BCUT2D eigenvalue weighted by Crippen LogP contribution is 2.29. The van der Waals surface area contributed by atoms with E-state index in [1.54, 1.807) is 0 Å². The Bertz CT molecular complexity index is 401. The summed E-state index contributed by atoms with van der Waals surface area (Å²) < 4.78 is 0. The highest BCUT2D eigenvalue weighted by molar-refractivity contribution is 7.78. The van der Waals surface area contributed by atoms with Gasteiger partial charge in [0.1, 0.15) is 0 Å². The fraction of sp³-hybridized carbons (Fsp3) is 0. The third kappa shape index (κ3) is 2.32. The number of halogens is 1. The first-order valence-corrected chi connectivity index (χ1v) is 3.95. The Morgan fingerprint density at radius 3 is 2.85 bits per heavy atom. The second-order valence-electron chi connectivity index (χ2n) is 2.09. The Hall–Kier alpha value is -1.29. The largest absolute Gasteiger partial charge is 0.295 e. The Morgan fingerprint density at radius 1 is 1.62 bits per heavy atom. The molecule has 0 amide bonds. The number of benzene rings is 1. The molecule has 0 aliphatic carbocycles. The first kappa shape index (κ1) is 9.80. The molecule has 0 aromatic heterocycles. The molecule has 0 heterocycles. The second kappa shape index (κ2) is 4.09. The first-order valence-electron chi connectivity index (χ1n) is 3.17. The molecule has 0 aliphatic heterocycles. The Kier molecular flexibility index (Phi) is 3.08. The molecule has 0 unspecified atom stereocenters. The Balaban J connectivity index is 3.34. The highest BCUT2D eigenvalue weighted by Gasteiger charge is 2.12. The monoisotopic (exact) mass is 214 g/mol. The normalized spacial score (nSPS) is 9.00. The standard InChI is InChI=1S/C7H3ClN2O2S/c8-5-1-2-7(10(11)12)6(3-5)9-4-13/h1-3H. The quantitative estimate of drug-likeness (QED) is 0.329. The lowest BCUT2D eigenvalue weighted by Crippen LogP contribution is -1.87. The number of thiocarbonyl (C=S) groups is 1. The van der Waals surface area contributed by atoms with Gasteiger partial charge in [0, 0.05) is 11.1 Å². The number of nitro groups is 1. The minimum Gasteiger partial charge on any atom is -0.258 e. The maximum Gasteiger partial charge on any atom is 0.295 e. The van der Waals surface area contributed by atoms with Gasteiger partial charge in [-0.25, -0.2) is 0 Å². The van der Waals surface area contributed by atoms with Crippen LogP contribution in [0.5, 0.6) is 0 Å². The van der Waals surface area contributed by atoms with Crippen molar-refractivity contribution in [3.63, 3.8) is 0 Å². The molecule has 0 spiro atoms. The fourth-order valence-corrected chi connectivity index (χ4v) is 1.05. The summed E-state index contributed by atoms with van der Waals surface area (Å²) in [5, 5.41) is 12.9. The van der Waals surface area contributed by atoms with Crippen LogP contribution in [0, 0.1) is 10.1 Å². The van der Waals surface area contributed by atoms with Crippen molar-refractivity contribution >= 4 is 40.4 Å². The maximum absolute atomic E-state index is 10.4. The van der Waals surface area contributed by atoms with E-state index in [0.717, 1.165) is 0 Å². The number of hydrogen-bond acceptors (Lipinski definition) is 4. The number of nitrogens with zero attached hydrogens (tertiary/aromatic N) is 2. The summed E-state index contributed by atoms with van der Waals surface area (Å²) in [4.78, 5) is 13.4. The summed E-state index contributed by atoms with van der Waals surface area (Å²) in [5.74, 6) is 0. The molecule has 66 valence electrons. The molecular weight excluding hydrogens is 212 g/mol. The molecule has 6 heteroatoms. The van der Waals surface area contributed by atoms with Gasteiger partial charge in [-0.15, -0.1) is 0 Å². The summed E-state index contributed by atoms with van der Waals surface area (Å²) >= 11 is 9.95. The van der Waals surface area contributed by atoms with Gasteiger partial charge in [0.25, 0.3) is 5.69 Å². The Labute approximate surface area is 84.0 Å². The van der Waals surface area contributed by atoms with Gasteiger partial charge in [-0.05, 0) is 24.4 Å². The van der Waals surface area contributed by atoms with E-state index in [9.17, 15) is 10.1 Å². The third-order valence-corrected chi connectivity index (χ3v) is 1.63. The number of nitro benzene ring substituents is 1. The molecule has 1 aromatic carbocycles. The van der Waals surface area contributed by atoms with E-state index >= 15 is 0 Å². The Morgan fingerprint density at radius 2 is 2.31 bits per heavy atom. The molecule has 0 saturated carbocycles. The first-order chi connectivity index (χ1) is 6.15. The lowest BCUT2D eigenvalue weighted by molar-refractivity contribution is -0.384. The maximum atomic E-state index is 10.4. The van der Waals surface area contributed by atoms with Gasteiger partial charge in [0.2, 0.25) is 0 Å². The average molecular weight is 215 g/mol. The van der Waals surface area contributed by atoms with E-state index in [4.69, 9.17) is 11.6 Å². The van der Waals surface area contributed by atoms with Gasteiger partial charge >= 0.3 is 0 Å². The van der Waals surface area contributed by atoms with Crippen molar-refractivity contribution in [2.75, 3.05) is 0 Å². The van der Waals surface area contributed by atoms with Gasteiger partial charge < -0.3 is 0 Å². The third-order valence-electron chi connectivity index (χ3n) is 1.30. The van der Waals surface area contributed by atoms with E-state index < -0.39 is 4.92 Å². The zero-order valence-corrected chi connectivity index (χ0v) is 7.80. The molecular formula is C7H3ClN2O2S. The molecule has 0 N–H and O–H groups in total. The topological polar surface area (TPSA) is 55.5 Å². The minimum atomic E-state index is -0.554. The number of rotatable bonds is 2. The van der Waals surface area contributed by atoms with Crippen molar-refractivity contribution in [1.82, 2.24) is 0 Å². The van der Waals surface area contributed by atoms with Crippen LogP contribution < -0.4 is 0 Å². The molecule has 0 fully saturated rings. The van der Waals surface area contributed by atoms with Crippen molar-refractivity contribution in [1.29, 1.82) is 0 Å². The molecule has 0 saturated heterocycles. The van der Waals surface area contributed by atoms with Crippen LogP contribution in [0.2, 0.25) is 5.02 Å². The summed E-state index contributed by atoms with van der Waals surface area (Å²) in [5.41, 5.74) is -0.0192. The van der Waals surface area contributed by atoms with Crippen LogP contribution in [0.25, 0.3) is 0 Å². The van der Waals surface area contributed by atoms with E-state index in [2.05, 4.69) is 22.4 Å². The van der Waals surface area contributed by atoms with Crippen LogP contribution >= 0.6 is 23.8 Å². The van der Waals surface area contributed by atoms with Crippen molar-refractivity contribution < 1.29 is 4.92 Å². The molecule has 4 nitrogen and oxygen atoms in total. The smallest absolute Gasteiger partial charge is 0.258 e. The van der Waals surface area contributed by atoms with E-state index in [-0.39, 0.29) is 11.4 Å². The van der Waals surface area contributed by atoms with Gasteiger partial charge in [0.05, 0.1) is 10.1 Å². The zero-order chi connectivity index (χ0) is 9.84. The van der Waals surface area contributed by atoms with E-state index in [1.807, 2.05) is 0 Å². The van der Waals surface area contributed by atoms with Gasteiger partial charge in [0.15, 0.2) is 5.69 Å². The lowest BCUT2D eigenvalue weighted by atomic mass is 10.3. The molecule has 0 radical (unpaired) electrons. The van der Waals surface area contributed by atoms with Gasteiger partial charge in [-0.1, -0.05) is 11.6 Å². The lowest BCUT2D eigenvalue weighted by Gasteiger charge is -1.95. The van der Waals surface area contributed by atoms with Gasteiger partial charge in [-0.2, -0.15) is 4.99 Å². The van der Waals surface area contributed by atoms with E-state index in [1.165, 1.54) is 18.2 Å². The van der Waals surface area contributed by atoms with Crippen LogP contribution in [-0.2, 0) is 0 Å². The second-order valence-corrected chi connectivity index (χ2v) is 2.71. The molecule has 1 rings (SSSR count). The van der Waals surface area contributed by atoms with Crippen molar-refractivity contribution in [3.8, 4) is 0 Å². The minimum absolute atomic E-state index is 0.118. The molecule has 0 bridgehead atoms. The van der Waals surface area contributed by atoms with Crippen molar-refractivity contribution in [3.05, 3.63) is 33.3 Å². The average Bonchev–Trinajstić information content (AvgIpc) is 2.04. The zero-order valence-electron chi connectivity index (χ0n) is 6.23. The van der Waals surface area contributed by atoms with E-state index in [0.29, 0.717) is 5.02 Å². The van der Waals surface area contributed by atoms with Crippen LogP contribution in [0.1, 0.15) is 0 Å². The summed E-state index contributed by atoms with van der Waals surface area (Å²) in [6, 6.07) is 4.05. The van der Waals surface area contributed by atoms with Crippen molar-refractivity contribution in [2.24, 2.45) is 4.99 Å². The fourth-order valence-electron chi connectivity index (χ4n) is 0.790. The van der Waals surface area contributed by atoms with Gasteiger partial charge in [-0.3, -0.25) is 10.1 Å². The molecule has 0 aliphatic rings. The number of aliphatic imine (C=N–C) groups is 1. The van der Waals surface area contributed by atoms with Crippen LogP contribution in [0.3, 0.4) is 0 Å². The van der Waals surface area contributed by atoms with Crippen LogP contribution in [0.4, 0.5) is 11.4 Å². The molecule has 1 aromatic rings. The molecule has 0 atom stereocenters. The predicted molar refractivity (Wildman–Crippen MR) is 52.8 cm³/mol. The molecule has 13 heavy (non-hydrogen) atoms. The SMILES string of the molecule is O=[N+]([O-])c1ccc(Cl)cc1N=C=S. The number of isothiocyanates is 1. The summed E-state index contributed by atoms with van der Waals surface area (Å²) in [7, 11) is 0. The van der Waals surface area contributed by atoms with Crippen LogP contribution in [0.15, 0.2) is 23.2 Å². The highest BCUT2D eigenvalue weighted by atomic mass is 35.5. The summed E-state index contributed by atoms with van der Waals surface area (Å²) in [6.45, 7) is 0. The predicted octanol–water partition coefficient (Wildman–Crippen LogP) is 2.98. The van der Waals surface area contributed by atoms with Crippen molar-refractivity contribution in [2.45, 2.75) is 0 Å².